The minimum Gasteiger partial charge on any atom is -0.341 e. The van der Waals surface area contributed by atoms with Crippen molar-refractivity contribution in [2.75, 3.05) is 6.54 Å². The van der Waals surface area contributed by atoms with Crippen LogP contribution in [-0.4, -0.2) is 21.5 Å². The van der Waals surface area contributed by atoms with Gasteiger partial charge in [-0.05, 0) is 30.5 Å². The summed E-state index contributed by atoms with van der Waals surface area (Å²) in [6.07, 6.45) is 5.99. The van der Waals surface area contributed by atoms with E-state index in [0.717, 1.165) is 42.2 Å². The van der Waals surface area contributed by atoms with E-state index in [9.17, 15) is 0 Å². The topological polar surface area (TPSA) is 53.6 Å². The standard InChI is InChI=1S/C23H22N4/c1-3-7-16(8-4-1)19-14-25-21-15-26-23(27-22(19)21)18-11-12-24-20(13-18)17-9-5-2-6-10-17/h1-10,14-15,18,20,24H,11-13H2,(H,26,27). The van der Waals surface area contributed by atoms with Gasteiger partial charge in [-0.2, -0.15) is 0 Å². The van der Waals surface area contributed by atoms with Gasteiger partial charge in [0.05, 0.1) is 11.9 Å². The highest BCUT2D eigenvalue weighted by Gasteiger charge is 2.26. The van der Waals surface area contributed by atoms with Gasteiger partial charge in [0.2, 0.25) is 0 Å². The maximum absolute atomic E-state index is 4.72. The minimum atomic E-state index is 0.377. The van der Waals surface area contributed by atoms with Crippen molar-refractivity contribution in [2.24, 2.45) is 0 Å². The zero-order chi connectivity index (χ0) is 18.1. The average Bonchev–Trinajstić information content (AvgIpc) is 3.18. The first-order valence-corrected chi connectivity index (χ1v) is 9.56. The van der Waals surface area contributed by atoms with Crippen LogP contribution in [0.15, 0.2) is 73.1 Å². The number of hydrogen-bond acceptors (Lipinski definition) is 3. The molecule has 0 amide bonds. The van der Waals surface area contributed by atoms with Crippen LogP contribution in [0.1, 0.15) is 36.2 Å². The van der Waals surface area contributed by atoms with Crippen LogP contribution in [-0.2, 0) is 0 Å². The van der Waals surface area contributed by atoms with Gasteiger partial charge in [0.15, 0.2) is 0 Å². The molecule has 2 N–H and O–H groups in total. The van der Waals surface area contributed by atoms with E-state index in [0.29, 0.717) is 12.0 Å². The fraction of sp³-hybridized carbons (Fsp3) is 0.217. The second kappa shape index (κ2) is 6.97. The van der Waals surface area contributed by atoms with Crippen molar-refractivity contribution in [3.8, 4) is 22.5 Å². The van der Waals surface area contributed by atoms with Crippen LogP contribution in [0.25, 0.3) is 22.5 Å². The molecule has 0 radical (unpaired) electrons. The first-order valence-electron chi connectivity index (χ1n) is 9.56. The summed E-state index contributed by atoms with van der Waals surface area (Å²) < 4.78 is 0. The van der Waals surface area contributed by atoms with E-state index in [1.807, 2.05) is 18.5 Å². The highest BCUT2D eigenvalue weighted by Crippen LogP contribution is 2.36. The van der Waals surface area contributed by atoms with Crippen LogP contribution < -0.4 is 5.32 Å². The van der Waals surface area contributed by atoms with Gasteiger partial charge in [-0.25, -0.2) is 4.98 Å². The highest BCUT2D eigenvalue weighted by atomic mass is 15.0. The molecule has 27 heavy (non-hydrogen) atoms. The monoisotopic (exact) mass is 354 g/mol. The molecule has 134 valence electrons. The lowest BCUT2D eigenvalue weighted by Gasteiger charge is -2.30. The molecule has 0 aromatic heterocycles. The van der Waals surface area contributed by atoms with Crippen molar-refractivity contribution in [1.82, 2.24) is 20.3 Å². The SMILES string of the molecule is c1ccc(-c2cnc3cnc(C4CCNC(c5ccccc5)C4)[nH]c2-3)cc1. The number of rotatable bonds is 3. The van der Waals surface area contributed by atoms with Gasteiger partial charge in [0, 0.05) is 23.7 Å². The van der Waals surface area contributed by atoms with E-state index in [2.05, 4.69) is 69.9 Å². The summed E-state index contributed by atoms with van der Waals surface area (Å²) in [5.74, 6) is 1.48. The Hall–Kier alpha value is -2.98. The molecule has 3 heterocycles. The number of aromatic nitrogens is 3. The molecule has 2 atom stereocenters. The minimum absolute atomic E-state index is 0.377. The Morgan fingerprint density at radius 2 is 1.63 bits per heavy atom. The van der Waals surface area contributed by atoms with Crippen molar-refractivity contribution < 1.29 is 0 Å². The average molecular weight is 354 g/mol. The van der Waals surface area contributed by atoms with Crippen molar-refractivity contribution in [3.05, 3.63) is 84.4 Å². The maximum atomic E-state index is 4.72. The summed E-state index contributed by atoms with van der Waals surface area (Å²) in [7, 11) is 0. The Bertz CT molecular complexity index is 993. The first kappa shape index (κ1) is 16.2. The van der Waals surface area contributed by atoms with Crippen molar-refractivity contribution in [2.45, 2.75) is 24.8 Å². The molecule has 1 saturated heterocycles. The first-order chi connectivity index (χ1) is 13.4. The molecule has 2 aromatic rings. The number of benzene rings is 2. The van der Waals surface area contributed by atoms with E-state index in [4.69, 9.17) is 4.98 Å². The summed E-state index contributed by atoms with van der Waals surface area (Å²) >= 11 is 0. The fourth-order valence-electron chi connectivity index (χ4n) is 4.07. The van der Waals surface area contributed by atoms with Crippen LogP contribution in [0.3, 0.4) is 0 Å². The van der Waals surface area contributed by atoms with Crippen molar-refractivity contribution in [3.63, 3.8) is 0 Å². The third-order valence-corrected chi connectivity index (χ3v) is 5.51. The van der Waals surface area contributed by atoms with Gasteiger partial charge in [-0.3, -0.25) is 4.98 Å². The second-order valence-electron chi connectivity index (χ2n) is 7.21. The van der Waals surface area contributed by atoms with Gasteiger partial charge in [0.1, 0.15) is 11.5 Å². The zero-order valence-electron chi connectivity index (χ0n) is 15.1. The molecule has 0 saturated carbocycles. The molecular weight excluding hydrogens is 332 g/mol. The molecule has 2 aromatic carbocycles. The van der Waals surface area contributed by atoms with Crippen molar-refractivity contribution >= 4 is 0 Å². The summed E-state index contributed by atoms with van der Waals surface area (Å²) in [5.41, 5.74) is 5.68. The van der Waals surface area contributed by atoms with Gasteiger partial charge in [-0.1, -0.05) is 60.7 Å². The molecule has 3 aliphatic rings. The lowest BCUT2D eigenvalue weighted by Crippen LogP contribution is -2.31. The summed E-state index contributed by atoms with van der Waals surface area (Å²) in [5, 5.41) is 3.65. The van der Waals surface area contributed by atoms with Crippen LogP contribution >= 0.6 is 0 Å². The number of hydrogen-bond donors (Lipinski definition) is 2. The van der Waals surface area contributed by atoms with Gasteiger partial charge < -0.3 is 10.3 Å². The zero-order valence-corrected chi connectivity index (χ0v) is 15.1. The van der Waals surface area contributed by atoms with Crippen molar-refractivity contribution in [1.29, 1.82) is 0 Å². The number of nitrogens with zero attached hydrogens (tertiary/aromatic N) is 2. The smallest absolute Gasteiger partial charge is 0.109 e. The normalized spacial score (nSPS) is 20.0. The van der Waals surface area contributed by atoms with E-state index >= 15 is 0 Å². The van der Waals surface area contributed by atoms with Gasteiger partial charge in [-0.15, -0.1) is 0 Å². The summed E-state index contributed by atoms with van der Waals surface area (Å²) in [6.45, 7) is 1.00. The fourth-order valence-corrected chi connectivity index (χ4v) is 4.07. The number of fused-ring (bicyclic) bond motifs is 1. The third-order valence-electron chi connectivity index (χ3n) is 5.51. The Morgan fingerprint density at radius 3 is 2.44 bits per heavy atom. The maximum Gasteiger partial charge on any atom is 0.109 e. The summed E-state index contributed by atoms with van der Waals surface area (Å²) in [6, 6.07) is 21.5. The molecule has 0 spiro atoms. The number of H-pyrrole nitrogens is 1. The number of piperidine rings is 1. The number of aromatic amines is 1. The van der Waals surface area contributed by atoms with Crippen LogP contribution in [0.5, 0.6) is 0 Å². The summed E-state index contributed by atoms with van der Waals surface area (Å²) in [4.78, 5) is 12.9. The van der Waals surface area contributed by atoms with Crippen LogP contribution in [0, 0.1) is 0 Å². The molecule has 4 nitrogen and oxygen atoms in total. The quantitative estimate of drug-likeness (QED) is 0.556. The highest BCUT2D eigenvalue weighted by molar-refractivity contribution is 5.80. The molecule has 5 rings (SSSR count). The molecule has 1 fully saturated rings. The van der Waals surface area contributed by atoms with E-state index in [-0.39, 0.29) is 0 Å². The molecular formula is C23H22N4. The Labute approximate surface area is 159 Å². The predicted molar refractivity (Wildman–Crippen MR) is 108 cm³/mol. The largest absolute Gasteiger partial charge is 0.341 e. The van der Waals surface area contributed by atoms with Crippen LogP contribution in [0.2, 0.25) is 0 Å². The Balaban J connectivity index is 1.47. The van der Waals surface area contributed by atoms with Crippen LogP contribution in [0.4, 0.5) is 0 Å². The number of nitrogens with one attached hydrogen (secondary N) is 2. The molecule has 3 aliphatic heterocycles. The molecule has 4 heteroatoms. The molecule has 2 unspecified atom stereocenters. The molecule has 0 bridgehead atoms. The predicted octanol–water partition coefficient (Wildman–Crippen LogP) is 4.78. The van der Waals surface area contributed by atoms with E-state index in [1.54, 1.807) is 0 Å². The Morgan fingerprint density at radius 1 is 0.852 bits per heavy atom. The van der Waals surface area contributed by atoms with E-state index < -0.39 is 0 Å². The van der Waals surface area contributed by atoms with E-state index in [1.165, 1.54) is 11.1 Å². The van der Waals surface area contributed by atoms with Gasteiger partial charge in [0.25, 0.3) is 0 Å². The molecule has 0 aliphatic carbocycles. The third kappa shape index (κ3) is 3.13. The second-order valence-corrected chi connectivity index (χ2v) is 7.21. The lowest BCUT2D eigenvalue weighted by molar-refractivity contribution is 0.360. The van der Waals surface area contributed by atoms with Gasteiger partial charge >= 0.3 is 0 Å². The Kier molecular flexibility index (Phi) is 4.18. The lowest BCUT2D eigenvalue weighted by atomic mass is 9.88.